The van der Waals surface area contributed by atoms with Crippen molar-refractivity contribution in [3.05, 3.63) is 0 Å². The predicted molar refractivity (Wildman–Crippen MR) is 79.4 cm³/mol. The first-order valence-electron chi connectivity index (χ1n) is 7.76. The van der Waals surface area contributed by atoms with Gasteiger partial charge in [-0.25, -0.2) is 13.2 Å². The molecule has 0 radical (unpaired) electrons. The van der Waals surface area contributed by atoms with Crippen LogP contribution < -0.4 is 5.32 Å². The SMILES string of the molecule is CCN(C(=O)NCC1CCCCC1)C1CCS(=O)(=O)C1. The third-order valence-electron chi connectivity index (χ3n) is 4.52. The first-order chi connectivity index (χ1) is 9.52. The molecule has 2 rings (SSSR count). The summed E-state index contributed by atoms with van der Waals surface area (Å²) in [6, 6.07) is -0.239. The number of carbonyl (C=O) groups is 1. The van der Waals surface area contributed by atoms with Gasteiger partial charge in [-0.1, -0.05) is 19.3 Å². The fourth-order valence-electron chi connectivity index (χ4n) is 3.31. The zero-order chi connectivity index (χ0) is 14.6. The lowest BCUT2D eigenvalue weighted by Gasteiger charge is -2.29. The summed E-state index contributed by atoms with van der Waals surface area (Å²) in [5, 5.41) is 3.00. The molecule has 1 aliphatic heterocycles. The minimum atomic E-state index is -2.94. The lowest BCUT2D eigenvalue weighted by Crippen LogP contribution is -2.47. The molecule has 20 heavy (non-hydrogen) atoms. The Kier molecular flexibility index (Phi) is 5.29. The van der Waals surface area contributed by atoms with Crippen molar-refractivity contribution < 1.29 is 13.2 Å². The van der Waals surface area contributed by atoms with Crippen LogP contribution in [-0.2, 0) is 9.84 Å². The molecule has 0 spiro atoms. The second-order valence-electron chi connectivity index (χ2n) is 6.03. The average molecular weight is 302 g/mol. The Morgan fingerprint density at radius 2 is 1.90 bits per heavy atom. The van der Waals surface area contributed by atoms with Gasteiger partial charge in [-0.15, -0.1) is 0 Å². The van der Waals surface area contributed by atoms with Crippen LogP contribution >= 0.6 is 0 Å². The van der Waals surface area contributed by atoms with E-state index in [-0.39, 0.29) is 23.6 Å². The predicted octanol–water partition coefficient (Wildman–Crippen LogP) is 1.79. The maximum atomic E-state index is 12.2. The van der Waals surface area contributed by atoms with Gasteiger partial charge in [0.15, 0.2) is 9.84 Å². The van der Waals surface area contributed by atoms with Gasteiger partial charge in [-0.3, -0.25) is 0 Å². The lowest BCUT2D eigenvalue weighted by molar-refractivity contribution is 0.180. The summed E-state index contributed by atoms with van der Waals surface area (Å²) in [6.45, 7) is 3.20. The Bertz CT molecular complexity index is 430. The number of hydrogen-bond acceptors (Lipinski definition) is 3. The number of carbonyl (C=O) groups excluding carboxylic acids is 1. The zero-order valence-corrected chi connectivity index (χ0v) is 13.1. The van der Waals surface area contributed by atoms with Crippen LogP contribution in [0.4, 0.5) is 4.79 Å². The van der Waals surface area contributed by atoms with Crippen LogP contribution in [0.2, 0.25) is 0 Å². The normalized spacial score (nSPS) is 26.4. The van der Waals surface area contributed by atoms with Crippen molar-refractivity contribution in [1.82, 2.24) is 10.2 Å². The molecule has 1 unspecified atom stereocenters. The summed E-state index contributed by atoms with van der Waals surface area (Å²) < 4.78 is 23.1. The standard InChI is InChI=1S/C14H26N2O3S/c1-2-16(13-8-9-20(18,19)11-13)14(17)15-10-12-6-4-3-5-7-12/h12-13H,2-11H2,1H3,(H,15,17). The highest BCUT2D eigenvalue weighted by molar-refractivity contribution is 7.91. The number of amides is 2. The zero-order valence-electron chi connectivity index (χ0n) is 12.3. The van der Waals surface area contributed by atoms with Crippen LogP contribution in [0.25, 0.3) is 0 Å². The Balaban J connectivity index is 1.82. The van der Waals surface area contributed by atoms with E-state index in [9.17, 15) is 13.2 Å². The second kappa shape index (κ2) is 6.78. The van der Waals surface area contributed by atoms with Crippen molar-refractivity contribution in [3.8, 4) is 0 Å². The second-order valence-corrected chi connectivity index (χ2v) is 8.26. The van der Waals surface area contributed by atoms with Gasteiger partial charge in [0.2, 0.25) is 0 Å². The van der Waals surface area contributed by atoms with Gasteiger partial charge in [0.25, 0.3) is 0 Å². The highest BCUT2D eigenvalue weighted by Crippen LogP contribution is 2.23. The summed E-state index contributed by atoms with van der Waals surface area (Å²) in [5.74, 6) is 0.931. The molecule has 0 aromatic rings. The largest absolute Gasteiger partial charge is 0.338 e. The number of rotatable bonds is 4. The van der Waals surface area contributed by atoms with Crippen molar-refractivity contribution in [3.63, 3.8) is 0 Å². The summed E-state index contributed by atoms with van der Waals surface area (Å²) >= 11 is 0. The van der Waals surface area contributed by atoms with E-state index >= 15 is 0 Å². The van der Waals surface area contributed by atoms with Crippen LogP contribution in [0.1, 0.15) is 45.4 Å². The number of sulfone groups is 1. The molecule has 5 nitrogen and oxygen atoms in total. The Hall–Kier alpha value is -0.780. The number of nitrogens with one attached hydrogen (secondary N) is 1. The van der Waals surface area contributed by atoms with E-state index in [2.05, 4.69) is 5.32 Å². The molecule has 1 N–H and O–H groups in total. The number of hydrogen-bond donors (Lipinski definition) is 1. The molecule has 0 bridgehead atoms. The Labute approximate surface area is 122 Å². The van der Waals surface area contributed by atoms with E-state index < -0.39 is 9.84 Å². The summed E-state index contributed by atoms with van der Waals surface area (Å²) in [7, 11) is -2.94. The van der Waals surface area contributed by atoms with Crippen LogP contribution in [0.3, 0.4) is 0 Å². The first kappa shape index (κ1) is 15.6. The van der Waals surface area contributed by atoms with Crippen molar-refractivity contribution in [2.45, 2.75) is 51.5 Å². The highest BCUT2D eigenvalue weighted by atomic mass is 32.2. The van der Waals surface area contributed by atoms with Crippen molar-refractivity contribution in [1.29, 1.82) is 0 Å². The molecule has 0 aromatic carbocycles. The van der Waals surface area contributed by atoms with Gasteiger partial charge in [-0.2, -0.15) is 0 Å². The van der Waals surface area contributed by atoms with Crippen LogP contribution in [0.15, 0.2) is 0 Å². The van der Waals surface area contributed by atoms with E-state index in [0.717, 1.165) is 6.54 Å². The molecular formula is C14H26N2O3S. The highest BCUT2D eigenvalue weighted by Gasteiger charge is 2.34. The fraction of sp³-hybridized carbons (Fsp3) is 0.929. The summed E-state index contributed by atoms with van der Waals surface area (Å²) in [5.41, 5.74) is 0. The Morgan fingerprint density at radius 3 is 2.45 bits per heavy atom. The van der Waals surface area contributed by atoms with E-state index in [4.69, 9.17) is 0 Å². The van der Waals surface area contributed by atoms with Gasteiger partial charge in [0, 0.05) is 19.1 Å². The lowest BCUT2D eigenvalue weighted by atomic mass is 9.89. The van der Waals surface area contributed by atoms with Gasteiger partial charge < -0.3 is 10.2 Å². The molecule has 1 atom stereocenters. The van der Waals surface area contributed by atoms with Crippen LogP contribution in [0, 0.1) is 5.92 Å². The van der Waals surface area contributed by atoms with Crippen molar-refractivity contribution in [2.24, 2.45) is 5.92 Å². The first-order valence-corrected chi connectivity index (χ1v) is 9.59. The third-order valence-corrected chi connectivity index (χ3v) is 6.27. The maximum Gasteiger partial charge on any atom is 0.317 e. The molecular weight excluding hydrogens is 276 g/mol. The summed E-state index contributed by atoms with van der Waals surface area (Å²) in [6.07, 6.45) is 6.81. The van der Waals surface area contributed by atoms with Crippen molar-refractivity contribution >= 4 is 15.9 Å². The Morgan fingerprint density at radius 1 is 1.20 bits per heavy atom. The van der Waals surface area contributed by atoms with Crippen molar-refractivity contribution in [2.75, 3.05) is 24.6 Å². The molecule has 2 aliphatic rings. The van der Waals surface area contributed by atoms with Crippen LogP contribution in [-0.4, -0.2) is 50.0 Å². The monoisotopic (exact) mass is 302 g/mol. The minimum Gasteiger partial charge on any atom is -0.338 e. The van der Waals surface area contributed by atoms with Gasteiger partial charge in [0.1, 0.15) is 0 Å². The van der Waals surface area contributed by atoms with E-state index in [1.54, 1.807) is 4.90 Å². The molecule has 6 heteroatoms. The van der Waals surface area contributed by atoms with E-state index in [1.165, 1.54) is 32.1 Å². The minimum absolute atomic E-state index is 0.0971. The molecule has 0 aromatic heterocycles. The quantitative estimate of drug-likeness (QED) is 0.861. The number of nitrogens with zero attached hydrogens (tertiary/aromatic N) is 1. The van der Waals surface area contributed by atoms with Crippen LogP contribution in [0.5, 0.6) is 0 Å². The topological polar surface area (TPSA) is 66.5 Å². The molecule has 1 heterocycles. The molecule has 1 saturated heterocycles. The molecule has 2 fully saturated rings. The third kappa shape index (κ3) is 4.11. The van der Waals surface area contributed by atoms with Gasteiger partial charge in [-0.05, 0) is 32.1 Å². The van der Waals surface area contributed by atoms with Gasteiger partial charge in [0.05, 0.1) is 11.5 Å². The molecule has 1 saturated carbocycles. The van der Waals surface area contributed by atoms with Gasteiger partial charge >= 0.3 is 6.03 Å². The van der Waals surface area contributed by atoms with E-state index in [1.807, 2.05) is 6.92 Å². The average Bonchev–Trinajstić information content (AvgIpc) is 2.78. The smallest absolute Gasteiger partial charge is 0.317 e. The molecule has 116 valence electrons. The summed E-state index contributed by atoms with van der Waals surface area (Å²) in [4.78, 5) is 13.9. The maximum absolute atomic E-state index is 12.2. The number of urea groups is 1. The van der Waals surface area contributed by atoms with E-state index in [0.29, 0.717) is 18.9 Å². The fourth-order valence-corrected chi connectivity index (χ4v) is 5.04. The molecule has 2 amide bonds. The molecule has 1 aliphatic carbocycles.